The number of hydrogen-bond acceptors (Lipinski definition) is 2. The van der Waals surface area contributed by atoms with Gasteiger partial charge >= 0.3 is 0 Å². The van der Waals surface area contributed by atoms with Crippen LogP contribution in [0.4, 0.5) is 0 Å². The second-order valence-electron chi connectivity index (χ2n) is 6.74. The van der Waals surface area contributed by atoms with Crippen LogP contribution in [0.1, 0.15) is 66.2 Å². The molecule has 0 amide bonds. The standard InChI is InChI=1S/C14H30N2/c1-5-11-7-6-8-12(9-11)13(16-15)10-14(2,3)4/h11-13,16H,5-10,15H2,1-4H3. The number of nitrogens with one attached hydrogen (secondary N) is 1. The lowest BCUT2D eigenvalue weighted by Crippen LogP contribution is -2.44. The maximum absolute atomic E-state index is 5.75. The average molecular weight is 226 g/mol. The van der Waals surface area contributed by atoms with E-state index in [0.717, 1.165) is 11.8 Å². The number of rotatable bonds is 4. The lowest BCUT2D eigenvalue weighted by molar-refractivity contribution is 0.171. The predicted octanol–water partition coefficient (Wildman–Crippen LogP) is 3.47. The lowest BCUT2D eigenvalue weighted by Gasteiger charge is -2.36. The largest absolute Gasteiger partial charge is 0.271 e. The Morgan fingerprint density at radius 3 is 2.50 bits per heavy atom. The minimum Gasteiger partial charge on any atom is -0.271 e. The predicted molar refractivity (Wildman–Crippen MR) is 70.9 cm³/mol. The van der Waals surface area contributed by atoms with Gasteiger partial charge in [-0.25, -0.2) is 0 Å². The van der Waals surface area contributed by atoms with Crippen LogP contribution in [-0.4, -0.2) is 6.04 Å². The van der Waals surface area contributed by atoms with Gasteiger partial charge in [-0.2, -0.15) is 0 Å². The highest BCUT2D eigenvalue weighted by Crippen LogP contribution is 2.36. The smallest absolute Gasteiger partial charge is 0.0243 e. The van der Waals surface area contributed by atoms with Crippen molar-refractivity contribution in [2.75, 3.05) is 0 Å². The third kappa shape index (κ3) is 4.42. The van der Waals surface area contributed by atoms with E-state index in [-0.39, 0.29) is 0 Å². The summed E-state index contributed by atoms with van der Waals surface area (Å²) in [6, 6.07) is 0.509. The Bertz CT molecular complexity index is 195. The van der Waals surface area contributed by atoms with Gasteiger partial charge in [0.15, 0.2) is 0 Å². The van der Waals surface area contributed by atoms with Gasteiger partial charge in [-0.3, -0.25) is 11.3 Å². The van der Waals surface area contributed by atoms with E-state index in [1.165, 1.54) is 38.5 Å². The molecular formula is C14H30N2. The fourth-order valence-electron chi connectivity index (χ4n) is 3.09. The molecule has 0 radical (unpaired) electrons. The fourth-order valence-corrected chi connectivity index (χ4v) is 3.09. The van der Waals surface area contributed by atoms with Crippen LogP contribution < -0.4 is 11.3 Å². The quantitative estimate of drug-likeness (QED) is 0.569. The van der Waals surface area contributed by atoms with Crippen molar-refractivity contribution in [2.45, 2.75) is 72.3 Å². The molecule has 1 rings (SSSR count). The molecule has 0 spiro atoms. The molecule has 2 heteroatoms. The average Bonchev–Trinajstić information content (AvgIpc) is 2.25. The summed E-state index contributed by atoms with van der Waals surface area (Å²) in [5, 5.41) is 0. The van der Waals surface area contributed by atoms with Crippen molar-refractivity contribution in [1.29, 1.82) is 0 Å². The Kier molecular flexibility index (Phi) is 5.26. The first kappa shape index (κ1) is 14.0. The van der Waals surface area contributed by atoms with Crippen LogP contribution in [0.15, 0.2) is 0 Å². The number of nitrogens with two attached hydrogens (primary N) is 1. The molecule has 0 aromatic carbocycles. The Morgan fingerprint density at radius 2 is 2.00 bits per heavy atom. The molecule has 0 aromatic heterocycles. The molecule has 3 unspecified atom stereocenters. The van der Waals surface area contributed by atoms with E-state index in [0.29, 0.717) is 11.5 Å². The second-order valence-corrected chi connectivity index (χ2v) is 6.74. The van der Waals surface area contributed by atoms with Crippen molar-refractivity contribution < 1.29 is 0 Å². The molecular weight excluding hydrogens is 196 g/mol. The zero-order valence-corrected chi connectivity index (χ0v) is 11.6. The van der Waals surface area contributed by atoms with E-state index in [4.69, 9.17) is 5.84 Å². The van der Waals surface area contributed by atoms with Crippen LogP contribution in [0.2, 0.25) is 0 Å². The van der Waals surface area contributed by atoms with Gasteiger partial charge in [-0.15, -0.1) is 0 Å². The van der Waals surface area contributed by atoms with E-state index in [2.05, 4.69) is 33.1 Å². The molecule has 0 aromatic rings. The van der Waals surface area contributed by atoms with Gasteiger partial charge in [-0.05, 0) is 36.5 Å². The molecule has 16 heavy (non-hydrogen) atoms. The Labute approximate surface area is 101 Å². The minimum atomic E-state index is 0.371. The van der Waals surface area contributed by atoms with Crippen LogP contribution >= 0.6 is 0 Å². The highest BCUT2D eigenvalue weighted by molar-refractivity contribution is 4.84. The van der Waals surface area contributed by atoms with Gasteiger partial charge < -0.3 is 0 Å². The van der Waals surface area contributed by atoms with Crippen LogP contribution in [-0.2, 0) is 0 Å². The maximum atomic E-state index is 5.75. The maximum Gasteiger partial charge on any atom is 0.0243 e. The summed E-state index contributed by atoms with van der Waals surface area (Å²) >= 11 is 0. The molecule has 1 fully saturated rings. The van der Waals surface area contributed by atoms with E-state index >= 15 is 0 Å². The van der Waals surface area contributed by atoms with Gasteiger partial charge in [0.2, 0.25) is 0 Å². The van der Waals surface area contributed by atoms with Crippen LogP contribution in [0.3, 0.4) is 0 Å². The highest BCUT2D eigenvalue weighted by atomic mass is 15.2. The van der Waals surface area contributed by atoms with Gasteiger partial charge in [0.1, 0.15) is 0 Å². The van der Waals surface area contributed by atoms with Crippen LogP contribution in [0.25, 0.3) is 0 Å². The van der Waals surface area contributed by atoms with Crippen LogP contribution in [0, 0.1) is 17.3 Å². The van der Waals surface area contributed by atoms with Gasteiger partial charge in [0, 0.05) is 6.04 Å². The second kappa shape index (κ2) is 6.02. The number of hydrogen-bond donors (Lipinski definition) is 2. The molecule has 3 atom stereocenters. The third-order valence-electron chi connectivity index (χ3n) is 4.02. The molecule has 0 aliphatic heterocycles. The van der Waals surface area contributed by atoms with E-state index < -0.39 is 0 Å². The lowest BCUT2D eigenvalue weighted by atomic mass is 9.73. The van der Waals surface area contributed by atoms with Gasteiger partial charge in [-0.1, -0.05) is 47.0 Å². The summed E-state index contributed by atoms with van der Waals surface area (Å²) in [5.74, 6) is 7.48. The summed E-state index contributed by atoms with van der Waals surface area (Å²) in [7, 11) is 0. The fraction of sp³-hybridized carbons (Fsp3) is 1.00. The molecule has 0 bridgehead atoms. The van der Waals surface area contributed by atoms with Gasteiger partial charge in [0.25, 0.3) is 0 Å². The molecule has 1 aliphatic rings. The molecule has 1 aliphatic carbocycles. The van der Waals surface area contributed by atoms with Crippen molar-refractivity contribution in [2.24, 2.45) is 23.1 Å². The van der Waals surface area contributed by atoms with Crippen molar-refractivity contribution >= 4 is 0 Å². The number of hydrazine groups is 1. The first-order chi connectivity index (χ1) is 7.46. The van der Waals surface area contributed by atoms with Crippen molar-refractivity contribution in [3.8, 4) is 0 Å². The topological polar surface area (TPSA) is 38.0 Å². The van der Waals surface area contributed by atoms with E-state index in [1.54, 1.807) is 0 Å². The van der Waals surface area contributed by atoms with Crippen LogP contribution in [0.5, 0.6) is 0 Å². The van der Waals surface area contributed by atoms with Crippen molar-refractivity contribution in [1.82, 2.24) is 5.43 Å². The minimum absolute atomic E-state index is 0.371. The summed E-state index contributed by atoms with van der Waals surface area (Å²) in [6.07, 6.45) is 8.09. The molecule has 0 heterocycles. The molecule has 0 saturated heterocycles. The summed E-state index contributed by atoms with van der Waals surface area (Å²) in [6.45, 7) is 9.23. The monoisotopic (exact) mass is 226 g/mol. The first-order valence-electron chi connectivity index (χ1n) is 6.92. The van der Waals surface area contributed by atoms with Gasteiger partial charge in [0.05, 0.1) is 0 Å². The van der Waals surface area contributed by atoms with Crippen molar-refractivity contribution in [3.63, 3.8) is 0 Å². The Morgan fingerprint density at radius 1 is 1.31 bits per heavy atom. The molecule has 3 N–H and O–H groups in total. The summed E-state index contributed by atoms with van der Waals surface area (Å²) < 4.78 is 0. The van der Waals surface area contributed by atoms with Crippen molar-refractivity contribution in [3.05, 3.63) is 0 Å². The summed E-state index contributed by atoms with van der Waals surface area (Å²) in [5.41, 5.74) is 3.44. The normalized spacial score (nSPS) is 29.1. The first-order valence-corrected chi connectivity index (χ1v) is 6.92. The van der Waals surface area contributed by atoms with E-state index in [9.17, 15) is 0 Å². The Balaban J connectivity index is 2.51. The Hall–Kier alpha value is -0.0800. The molecule has 2 nitrogen and oxygen atoms in total. The zero-order chi connectivity index (χ0) is 12.2. The SMILES string of the molecule is CCC1CCCC(C(CC(C)(C)C)NN)C1. The molecule has 1 saturated carbocycles. The van der Waals surface area contributed by atoms with E-state index in [1.807, 2.05) is 0 Å². The summed E-state index contributed by atoms with van der Waals surface area (Å²) in [4.78, 5) is 0. The highest BCUT2D eigenvalue weighted by Gasteiger charge is 2.29. The molecule has 96 valence electrons. The zero-order valence-electron chi connectivity index (χ0n) is 11.6. The third-order valence-corrected chi connectivity index (χ3v) is 4.02.